The van der Waals surface area contributed by atoms with E-state index in [1.165, 1.54) is 20.5 Å². The van der Waals surface area contributed by atoms with E-state index < -0.39 is 11.9 Å². The smallest absolute Gasteiger partial charge is 0.228 e. The Bertz CT molecular complexity index is 1120. The molecule has 0 bridgehead atoms. The number of carbonyl (C=O) groups is 1. The van der Waals surface area contributed by atoms with Gasteiger partial charge in [0.05, 0.1) is 26.5 Å². The fourth-order valence-corrected chi connectivity index (χ4v) is 3.76. The highest BCUT2D eigenvalue weighted by Crippen LogP contribution is 2.37. The average Bonchev–Trinajstić information content (AvgIpc) is 3.34. The van der Waals surface area contributed by atoms with Crippen LogP contribution < -0.4 is 25.8 Å². The number of furan rings is 1. The van der Waals surface area contributed by atoms with E-state index >= 15 is 4.39 Å². The van der Waals surface area contributed by atoms with Crippen LogP contribution in [0.3, 0.4) is 0 Å². The largest absolute Gasteiger partial charge is 0.493 e. The summed E-state index contributed by atoms with van der Waals surface area (Å²) >= 11 is 0. The minimum Gasteiger partial charge on any atom is -0.493 e. The molecule has 10 nitrogen and oxygen atoms in total. The van der Waals surface area contributed by atoms with Crippen LogP contribution in [-0.2, 0) is 4.79 Å². The predicted octanol–water partition coefficient (Wildman–Crippen LogP) is 1.70. The van der Waals surface area contributed by atoms with E-state index in [1.54, 1.807) is 23.1 Å². The summed E-state index contributed by atoms with van der Waals surface area (Å²) in [6.45, 7) is 1.86. The van der Waals surface area contributed by atoms with Crippen LogP contribution >= 0.6 is 0 Å². The molecule has 1 aliphatic heterocycles. The van der Waals surface area contributed by atoms with Gasteiger partial charge in [-0.1, -0.05) is 0 Å². The number of fused-ring (bicyclic) bond motifs is 1. The highest BCUT2D eigenvalue weighted by Gasteiger charge is 2.26. The van der Waals surface area contributed by atoms with Crippen molar-refractivity contribution in [2.45, 2.75) is 12.5 Å². The van der Waals surface area contributed by atoms with Gasteiger partial charge in [-0.05, 0) is 18.2 Å². The van der Waals surface area contributed by atoms with E-state index in [2.05, 4.69) is 9.97 Å². The number of amides is 1. The summed E-state index contributed by atoms with van der Waals surface area (Å²) in [5.74, 6) is 0.431. The van der Waals surface area contributed by atoms with Gasteiger partial charge in [0.15, 0.2) is 17.3 Å². The Morgan fingerprint density at radius 3 is 2.62 bits per heavy atom. The van der Waals surface area contributed by atoms with Gasteiger partial charge >= 0.3 is 0 Å². The van der Waals surface area contributed by atoms with Crippen LogP contribution in [0, 0.1) is 5.82 Å². The molecule has 0 spiro atoms. The molecular weight excluding hydrogens is 419 g/mol. The number of piperazine rings is 1. The lowest BCUT2D eigenvalue weighted by Gasteiger charge is -2.35. The number of carbonyl (C=O) groups excluding carboxylic acids is 1. The summed E-state index contributed by atoms with van der Waals surface area (Å²) in [4.78, 5) is 24.9. The van der Waals surface area contributed by atoms with E-state index in [0.717, 1.165) is 0 Å². The number of ether oxygens (including phenoxy) is 2. The molecule has 1 aliphatic rings. The molecule has 1 saturated heterocycles. The van der Waals surface area contributed by atoms with E-state index in [1.807, 2.05) is 4.90 Å². The maximum atomic E-state index is 15.0. The lowest BCUT2D eigenvalue weighted by atomic mass is 10.1. The van der Waals surface area contributed by atoms with E-state index in [0.29, 0.717) is 43.3 Å². The number of nitrogens with zero attached hydrogens (tertiary/aromatic N) is 4. The minimum atomic E-state index is -0.669. The molecule has 3 heterocycles. The van der Waals surface area contributed by atoms with Crippen molar-refractivity contribution >= 4 is 28.6 Å². The van der Waals surface area contributed by atoms with Gasteiger partial charge < -0.3 is 35.2 Å². The normalized spacial score (nSPS) is 15.1. The standard InChI is InChI=1S/C21H25FN6O4/c1-30-15-10-12-18(17(22)19(15)31-2)25-21(26-20(12)24)28-7-5-27(6-8-28)16(29)11-13(23)14-4-3-9-32-14/h3-4,9-10,13H,5-8,11,23H2,1-2H3,(H2,24,25,26)/t13-/m1/s1. The van der Waals surface area contributed by atoms with Gasteiger partial charge in [0, 0.05) is 38.0 Å². The number of rotatable bonds is 6. The molecule has 2 aromatic heterocycles. The van der Waals surface area contributed by atoms with E-state index in [-0.39, 0.29) is 35.2 Å². The van der Waals surface area contributed by atoms with Gasteiger partial charge in [-0.25, -0.2) is 9.37 Å². The van der Waals surface area contributed by atoms with Gasteiger partial charge in [0.25, 0.3) is 0 Å². The summed E-state index contributed by atoms with van der Waals surface area (Å²) in [6, 6.07) is 4.55. The lowest BCUT2D eigenvalue weighted by Crippen LogP contribution is -2.49. The third-order valence-electron chi connectivity index (χ3n) is 5.51. The Balaban J connectivity index is 1.49. The first-order valence-electron chi connectivity index (χ1n) is 10.1. The molecule has 3 aromatic rings. The minimum absolute atomic E-state index is 0.0487. The van der Waals surface area contributed by atoms with Crippen molar-refractivity contribution in [3.63, 3.8) is 0 Å². The fourth-order valence-electron chi connectivity index (χ4n) is 3.76. The molecule has 1 fully saturated rings. The zero-order valence-electron chi connectivity index (χ0n) is 17.9. The summed E-state index contributed by atoms with van der Waals surface area (Å²) in [5, 5.41) is 0.338. The summed E-state index contributed by atoms with van der Waals surface area (Å²) in [5.41, 5.74) is 12.2. The van der Waals surface area contributed by atoms with Crippen LogP contribution in [0.1, 0.15) is 18.2 Å². The van der Waals surface area contributed by atoms with E-state index in [9.17, 15) is 4.79 Å². The molecule has 1 aromatic carbocycles. The molecule has 1 atom stereocenters. The number of methoxy groups -OCH3 is 2. The molecule has 0 unspecified atom stereocenters. The van der Waals surface area contributed by atoms with E-state index in [4.69, 9.17) is 25.4 Å². The number of hydrogen-bond donors (Lipinski definition) is 2. The Morgan fingerprint density at radius 2 is 2.00 bits per heavy atom. The third kappa shape index (κ3) is 3.98. The first-order chi connectivity index (χ1) is 15.4. The maximum absolute atomic E-state index is 15.0. The van der Waals surface area contributed by atoms with Crippen molar-refractivity contribution in [3.8, 4) is 11.5 Å². The average molecular weight is 444 g/mol. The molecule has 11 heteroatoms. The van der Waals surface area contributed by atoms with Gasteiger partial charge in [0.1, 0.15) is 17.1 Å². The molecule has 0 aliphatic carbocycles. The van der Waals surface area contributed by atoms with Crippen molar-refractivity contribution in [2.75, 3.05) is 51.0 Å². The van der Waals surface area contributed by atoms with Gasteiger partial charge in [-0.2, -0.15) is 4.98 Å². The zero-order chi connectivity index (χ0) is 22.8. The lowest BCUT2D eigenvalue weighted by molar-refractivity contribution is -0.132. The number of hydrogen-bond acceptors (Lipinski definition) is 9. The molecule has 4 N–H and O–H groups in total. The van der Waals surface area contributed by atoms with Gasteiger partial charge in [-0.15, -0.1) is 0 Å². The van der Waals surface area contributed by atoms with Gasteiger partial charge in [0.2, 0.25) is 11.9 Å². The number of halogens is 1. The Kier molecular flexibility index (Phi) is 5.99. The molecule has 1 amide bonds. The number of aromatic nitrogens is 2. The second-order valence-corrected chi connectivity index (χ2v) is 7.42. The van der Waals surface area contributed by atoms with Crippen LogP contribution in [0.4, 0.5) is 16.2 Å². The topological polar surface area (TPSA) is 133 Å². The Hall–Kier alpha value is -3.60. The quantitative estimate of drug-likeness (QED) is 0.583. The zero-order valence-corrected chi connectivity index (χ0v) is 17.9. The molecule has 4 rings (SSSR count). The fraction of sp³-hybridized carbons (Fsp3) is 0.381. The number of benzene rings is 1. The summed E-state index contributed by atoms with van der Waals surface area (Å²) < 4.78 is 30.6. The highest BCUT2D eigenvalue weighted by atomic mass is 19.1. The summed E-state index contributed by atoms with van der Waals surface area (Å²) in [7, 11) is 2.77. The second kappa shape index (κ2) is 8.87. The molecular formula is C21H25FN6O4. The Labute approximate surface area is 183 Å². The van der Waals surface area contributed by atoms with Crippen molar-refractivity contribution in [3.05, 3.63) is 36.0 Å². The highest BCUT2D eigenvalue weighted by molar-refractivity contribution is 5.92. The predicted molar refractivity (Wildman–Crippen MR) is 116 cm³/mol. The third-order valence-corrected chi connectivity index (χ3v) is 5.51. The van der Waals surface area contributed by atoms with Crippen LogP contribution in [0.25, 0.3) is 10.9 Å². The van der Waals surface area contributed by atoms with Crippen LogP contribution in [0.2, 0.25) is 0 Å². The van der Waals surface area contributed by atoms with Crippen LogP contribution in [0.15, 0.2) is 28.9 Å². The van der Waals surface area contributed by atoms with Crippen molar-refractivity contribution in [1.29, 1.82) is 0 Å². The molecule has 170 valence electrons. The summed E-state index contributed by atoms with van der Waals surface area (Å²) in [6.07, 6.45) is 1.68. The van der Waals surface area contributed by atoms with Crippen LogP contribution in [-0.4, -0.2) is 61.2 Å². The number of nitrogens with two attached hydrogens (primary N) is 2. The van der Waals surface area contributed by atoms with Gasteiger partial charge in [-0.3, -0.25) is 4.79 Å². The monoisotopic (exact) mass is 444 g/mol. The second-order valence-electron chi connectivity index (χ2n) is 7.42. The Morgan fingerprint density at radius 1 is 1.25 bits per heavy atom. The molecule has 0 saturated carbocycles. The SMILES string of the molecule is COc1cc2c(N)nc(N3CCN(C(=O)C[C@@H](N)c4ccco4)CC3)nc2c(F)c1OC. The van der Waals surface area contributed by atoms with Crippen LogP contribution in [0.5, 0.6) is 11.5 Å². The molecule has 32 heavy (non-hydrogen) atoms. The first-order valence-corrected chi connectivity index (χ1v) is 10.1. The van der Waals surface area contributed by atoms with Crippen molar-refractivity contribution < 1.29 is 23.1 Å². The van der Waals surface area contributed by atoms with Crippen molar-refractivity contribution in [2.24, 2.45) is 5.73 Å². The first kappa shape index (κ1) is 21.6. The molecule has 0 radical (unpaired) electrons. The maximum Gasteiger partial charge on any atom is 0.228 e. The number of nitrogen functional groups attached to an aromatic ring is 1. The number of anilines is 2. The van der Waals surface area contributed by atoms with Crippen molar-refractivity contribution in [1.82, 2.24) is 14.9 Å².